The van der Waals surface area contributed by atoms with Crippen molar-refractivity contribution in [2.24, 2.45) is 0 Å². The normalized spacial score (nSPS) is 21.9. The summed E-state index contributed by atoms with van der Waals surface area (Å²) in [6.45, 7) is 2.25. The number of hydrogen-bond acceptors (Lipinski definition) is 5. The van der Waals surface area contributed by atoms with E-state index in [2.05, 4.69) is 9.47 Å². The Morgan fingerprint density at radius 3 is 2.38 bits per heavy atom. The predicted molar refractivity (Wildman–Crippen MR) is 61.8 cm³/mol. The fourth-order valence-electron chi connectivity index (χ4n) is 1.91. The van der Waals surface area contributed by atoms with Crippen LogP contribution in [0, 0.1) is 0 Å². The number of hydrogen-bond donors (Lipinski definition) is 2. The maximum Gasteiger partial charge on any atom is 0.425 e. The van der Waals surface area contributed by atoms with Crippen molar-refractivity contribution in [1.82, 2.24) is 10.6 Å². The van der Waals surface area contributed by atoms with E-state index in [1.165, 1.54) is 12.2 Å². The van der Waals surface area contributed by atoms with Crippen LogP contribution in [0.25, 0.3) is 0 Å². The van der Waals surface area contributed by atoms with E-state index < -0.39 is 35.3 Å². The molecule has 0 aromatic carbocycles. The molecule has 10 heteroatoms. The molecule has 0 bridgehead atoms. The average molecular weight is 310 g/mol. The quantitative estimate of drug-likeness (QED) is 0.745. The molecule has 0 aromatic heterocycles. The number of alkyl halides is 3. The van der Waals surface area contributed by atoms with Gasteiger partial charge in [-0.3, -0.25) is 10.1 Å². The number of rotatable bonds is 3. The largest absolute Gasteiger partial charge is 0.466 e. The van der Waals surface area contributed by atoms with Crippen LogP contribution in [-0.2, 0) is 19.1 Å². The summed E-state index contributed by atoms with van der Waals surface area (Å²) in [5, 5.41) is 3.30. The second-order valence-electron chi connectivity index (χ2n) is 4.04. The number of ether oxygens (including phenoxy) is 2. The highest BCUT2D eigenvalue weighted by atomic mass is 19.4. The van der Waals surface area contributed by atoms with Gasteiger partial charge in [-0.25, -0.2) is 9.59 Å². The van der Waals surface area contributed by atoms with E-state index in [-0.39, 0.29) is 12.3 Å². The third-order valence-corrected chi connectivity index (χ3v) is 2.77. The molecule has 1 aliphatic rings. The molecule has 0 aliphatic carbocycles. The van der Waals surface area contributed by atoms with Crippen molar-refractivity contribution in [1.29, 1.82) is 0 Å². The van der Waals surface area contributed by atoms with E-state index in [4.69, 9.17) is 0 Å². The van der Waals surface area contributed by atoms with Gasteiger partial charge in [0.2, 0.25) is 0 Å². The summed E-state index contributed by atoms with van der Waals surface area (Å²) in [5.74, 6) is -3.00. The Kier molecular flexibility index (Phi) is 4.49. The number of alkyl carbamates (subject to hydrolysis) is 1. The van der Waals surface area contributed by atoms with Crippen LogP contribution in [0.15, 0.2) is 11.3 Å². The van der Waals surface area contributed by atoms with E-state index in [0.29, 0.717) is 0 Å². The molecule has 2 amide bonds. The second kappa shape index (κ2) is 5.62. The maximum absolute atomic E-state index is 13.4. The molecule has 118 valence electrons. The van der Waals surface area contributed by atoms with Crippen LogP contribution in [0.2, 0.25) is 0 Å². The summed E-state index contributed by atoms with van der Waals surface area (Å²) in [6.07, 6.45) is -6.76. The summed E-state index contributed by atoms with van der Waals surface area (Å²) in [7, 11) is 0.858. The molecule has 1 rings (SSSR count). The average Bonchev–Trinajstić information content (AvgIpc) is 2.60. The SMILES string of the molecule is CCOC(=O)N[C@]1(C(F)(F)F)C(=O)NC(C)=C1C(=O)OC. The highest BCUT2D eigenvalue weighted by Gasteiger charge is 2.69. The van der Waals surface area contributed by atoms with Crippen molar-refractivity contribution < 1.29 is 37.0 Å². The van der Waals surface area contributed by atoms with Crippen LogP contribution >= 0.6 is 0 Å². The van der Waals surface area contributed by atoms with Gasteiger partial charge < -0.3 is 14.8 Å². The zero-order valence-electron chi connectivity index (χ0n) is 11.4. The number of carbonyl (C=O) groups excluding carboxylic acids is 3. The Labute approximate surface area is 117 Å². The topological polar surface area (TPSA) is 93.7 Å². The molecule has 21 heavy (non-hydrogen) atoms. The lowest BCUT2D eigenvalue weighted by molar-refractivity contribution is -0.189. The molecular weight excluding hydrogens is 297 g/mol. The molecule has 2 N–H and O–H groups in total. The molecule has 0 saturated heterocycles. The first-order valence-corrected chi connectivity index (χ1v) is 5.74. The van der Waals surface area contributed by atoms with Crippen molar-refractivity contribution in [2.75, 3.05) is 13.7 Å². The van der Waals surface area contributed by atoms with Gasteiger partial charge in [0.05, 0.1) is 13.7 Å². The number of carbonyl (C=O) groups is 3. The minimum atomic E-state index is -5.27. The van der Waals surface area contributed by atoms with Crippen molar-refractivity contribution >= 4 is 18.0 Å². The number of esters is 1. The van der Waals surface area contributed by atoms with Gasteiger partial charge in [0.15, 0.2) is 0 Å². The van der Waals surface area contributed by atoms with E-state index in [9.17, 15) is 27.6 Å². The van der Waals surface area contributed by atoms with Gasteiger partial charge in [-0.1, -0.05) is 0 Å². The lowest BCUT2D eigenvalue weighted by Gasteiger charge is -2.31. The first kappa shape index (κ1) is 16.8. The lowest BCUT2D eigenvalue weighted by atomic mass is 9.89. The van der Waals surface area contributed by atoms with Crippen LogP contribution in [0.5, 0.6) is 0 Å². The third-order valence-electron chi connectivity index (χ3n) is 2.77. The molecule has 0 fully saturated rings. The Morgan fingerprint density at radius 2 is 1.95 bits per heavy atom. The van der Waals surface area contributed by atoms with E-state index in [0.717, 1.165) is 14.0 Å². The molecule has 1 atom stereocenters. The van der Waals surface area contributed by atoms with Crippen LogP contribution in [0.1, 0.15) is 13.8 Å². The summed E-state index contributed by atoms with van der Waals surface area (Å²) < 4.78 is 48.9. The summed E-state index contributed by atoms with van der Waals surface area (Å²) in [5.41, 5.74) is -4.94. The molecule has 0 radical (unpaired) electrons. The van der Waals surface area contributed by atoms with Crippen molar-refractivity contribution in [2.45, 2.75) is 25.6 Å². The Balaban J connectivity index is 3.44. The molecule has 0 aromatic rings. The Morgan fingerprint density at radius 1 is 1.38 bits per heavy atom. The zero-order chi connectivity index (χ0) is 16.4. The van der Waals surface area contributed by atoms with Gasteiger partial charge >= 0.3 is 18.2 Å². The van der Waals surface area contributed by atoms with E-state index >= 15 is 0 Å². The highest BCUT2D eigenvalue weighted by Crippen LogP contribution is 2.41. The minimum Gasteiger partial charge on any atom is -0.466 e. The standard InChI is InChI=1S/C11H13F3N2O5/c1-4-21-9(19)16-10(11(12,13)14)6(7(17)20-3)5(2)15-8(10)18/h4H2,1-3H3,(H,15,18)(H,16,19)/t10-/m0/s1. The number of halogens is 3. The summed E-state index contributed by atoms with van der Waals surface area (Å²) in [6, 6.07) is 0. The van der Waals surface area contributed by atoms with Gasteiger partial charge in [-0.15, -0.1) is 0 Å². The van der Waals surface area contributed by atoms with E-state index in [1.807, 2.05) is 5.32 Å². The number of allylic oxidation sites excluding steroid dienone is 1. The van der Waals surface area contributed by atoms with Crippen LogP contribution in [0.4, 0.5) is 18.0 Å². The second-order valence-corrected chi connectivity index (χ2v) is 4.04. The number of amides is 2. The van der Waals surface area contributed by atoms with Crippen molar-refractivity contribution in [3.63, 3.8) is 0 Å². The van der Waals surface area contributed by atoms with Crippen LogP contribution in [-0.4, -0.2) is 43.4 Å². The molecule has 1 aliphatic heterocycles. The Bertz CT molecular complexity index is 514. The number of nitrogens with one attached hydrogen (secondary N) is 2. The van der Waals surface area contributed by atoms with Gasteiger partial charge in [0, 0.05) is 5.70 Å². The fraction of sp³-hybridized carbons (Fsp3) is 0.545. The minimum absolute atomic E-state index is 0.211. The van der Waals surface area contributed by atoms with Gasteiger partial charge in [-0.2, -0.15) is 13.2 Å². The smallest absolute Gasteiger partial charge is 0.425 e. The number of methoxy groups -OCH3 is 1. The maximum atomic E-state index is 13.4. The predicted octanol–water partition coefficient (Wildman–Crippen LogP) is 0.610. The molecule has 0 spiro atoms. The van der Waals surface area contributed by atoms with Gasteiger partial charge in [0.1, 0.15) is 5.57 Å². The monoisotopic (exact) mass is 310 g/mol. The zero-order valence-corrected chi connectivity index (χ0v) is 11.4. The Hall–Kier alpha value is -2.26. The highest BCUT2D eigenvalue weighted by molar-refractivity contribution is 6.09. The molecule has 0 saturated carbocycles. The van der Waals surface area contributed by atoms with Crippen molar-refractivity contribution in [3.8, 4) is 0 Å². The molecular formula is C11H13F3N2O5. The summed E-state index contributed by atoms with van der Waals surface area (Å²) >= 11 is 0. The molecule has 0 unspecified atom stereocenters. The molecule has 1 heterocycles. The van der Waals surface area contributed by atoms with Crippen LogP contribution in [0.3, 0.4) is 0 Å². The first-order valence-electron chi connectivity index (χ1n) is 5.74. The third kappa shape index (κ3) is 2.65. The van der Waals surface area contributed by atoms with Gasteiger partial charge in [0.25, 0.3) is 11.4 Å². The lowest BCUT2D eigenvalue weighted by Crippen LogP contribution is -2.66. The van der Waals surface area contributed by atoms with E-state index in [1.54, 1.807) is 0 Å². The fourth-order valence-corrected chi connectivity index (χ4v) is 1.91. The summed E-state index contributed by atoms with van der Waals surface area (Å²) in [4.78, 5) is 34.8. The van der Waals surface area contributed by atoms with Gasteiger partial charge in [-0.05, 0) is 13.8 Å². The van der Waals surface area contributed by atoms with Crippen molar-refractivity contribution in [3.05, 3.63) is 11.3 Å². The molecule has 7 nitrogen and oxygen atoms in total. The van der Waals surface area contributed by atoms with Crippen LogP contribution < -0.4 is 10.6 Å². The first-order chi connectivity index (χ1) is 9.61.